The van der Waals surface area contributed by atoms with Crippen molar-refractivity contribution in [1.82, 2.24) is 14.7 Å². The van der Waals surface area contributed by atoms with Crippen LogP contribution < -0.4 is 5.63 Å². The average molecular weight is 313 g/mol. The van der Waals surface area contributed by atoms with Gasteiger partial charge >= 0.3 is 5.63 Å². The molecule has 4 rings (SSSR count). The number of amides is 1. The van der Waals surface area contributed by atoms with E-state index in [1.807, 2.05) is 12.1 Å². The number of para-hydroxylation sites is 1. The van der Waals surface area contributed by atoms with Gasteiger partial charge in [0.1, 0.15) is 17.5 Å². The summed E-state index contributed by atoms with van der Waals surface area (Å²) in [5.74, 6) is -0.0318. The third kappa shape index (κ3) is 2.39. The Morgan fingerprint density at radius 3 is 2.78 bits per heavy atom. The van der Waals surface area contributed by atoms with Crippen molar-refractivity contribution in [3.63, 3.8) is 0 Å². The lowest BCUT2D eigenvalue weighted by molar-refractivity contribution is -0.136. The fraction of sp³-hybridized carbons (Fsp3) is 0.312. The number of carbonyl (C=O) groups excluding carboxylic acids is 1. The van der Waals surface area contributed by atoms with Crippen LogP contribution in [0.3, 0.4) is 0 Å². The van der Waals surface area contributed by atoms with Crippen LogP contribution in [0.1, 0.15) is 0 Å². The molecule has 0 bridgehead atoms. The zero-order valence-corrected chi connectivity index (χ0v) is 12.4. The highest BCUT2D eigenvalue weighted by atomic mass is 16.5. The Morgan fingerprint density at radius 1 is 1.17 bits per heavy atom. The second-order valence-corrected chi connectivity index (χ2v) is 5.44. The molecule has 0 N–H and O–H groups in total. The molecule has 7 heteroatoms. The summed E-state index contributed by atoms with van der Waals surface area (Å²) in [6, 6.07) is 7.26. The minimum Gasteiger partial charge on any atom is -0.422 e. The highest BCUT2D eigenvalue weighted by molar-refractivity contribution is 6.02. The van der Waals surface area contributed by atoms with Gasteiger partial charge < -0.3 is 14.1 Å². The number of aromatic nitrogens is 2. The fourth-order valence-electron chi connectivity index (χ4n) is 2.89. The Bertz CT molecular complexity index is 937. The number of rotatable bonds is 2. The van der Waals surface area contributed by atoms with E-state index >= 15 is 0 Å². The number of hydrogen-bond acceptors (Lipinski definition) is 5. The van der Waals surface area contributed by atoms with Crippen LogP contribution >= 0.6 is 0 Å². The first-order valence-electron chi connectivity index (χ1n) is 7.47. The van der Waals surface area contributed by atoms with Crippen LogP contribution in [0.15, 0.2) is 39.7 Å². The molecule has 118 valence electrons. The Morgan fingerprint density at radius 2 is 1.96 bits per heavy atom. The molecule has 0 unspecified atom stereocenters. The summed E-state index contributed by atoms with van der Waals surface area (Å²) in [4.78, 5) is 26.3. The van der Waals surface area contributed by atoms with E-state index in [4.69, 9.17) is 9.15 Å². The zero-order chi connectivity index (χ0) is 15.8. The van der Waals surface area contributed by atoms with Crippen LogP contribution in [0, 0.1) is 0 Å². The second-order valence-electron chi connectivity index (χ2n) is 5.44. The number of morpholine rings is 1. The van der Waals surface area contributed by atoms with E-state index in [1.165, 1.54) is 6.20 Å². The summed E-state index contributed by atoms with van der Waals surface area (Å²) in [7, 11) is 0. The predicted molar refractivity (Wildman–Crippen MR) is 83.2 cm³/mol. The Balaban J connectivity index is 1.78. The van der Waals surface area contributed by atoms with Crippen molar-refractivity contribution in [2.75, 3.05) is 26.3 Å². The van der Waals surface area contributed by atoms with Crippen molar-refractivity contribution >= 4 is 27.8 Å². The van der Waals surface area contributed by atoms with Crippen LogP contribution in [0.2, 0.25) is 0 Å². The van der Waals surface area contributed by atoms with Crippen LogP contribution in [-0.2, 0) is 16.1 Å². The third-order valence-electron chi connectivity index (χ3n) is 4.05. The maximum absolute atomic E-state index is 12.4. The first kappa shape index (κ1) is 14.0. The first-order chi connectivity index (χ1) is 11.2. The number of hydrogen-bond donors (Lipinski definition) is 0. The van der Waals surface area contributed by atoms with E-state index < -0.39 is 5.63 Å². The van der Waals surface area contributed by atoms with Crippen molar-refractivity contribution in [2.24, 2.45) is 0 Å². The molecule has 7 nitrogen and oxygen atoms in total. The number of carbonyl (C=O) groups is 1. The molecule has 23 heavy (non-hydrogen) atoms. The average Bonchev–Trinajstić information content (AvgIpc) is 3.00. The predicted octanol–water partition coefficient (Wildman–Crippen LogP) is 1.00. The molecule has 1 aromatic carbocycles. The van der Waals surface area contributed by atoms with E-state index in [2.05, 4.69) is 5.10 Å². The standard InChI is InChI=1S/C16H15N3O4/c20-14(18-5-7-22-8-6-18)10-19-15-11-3-1-2-4-13(11)23-16(21)12(15)9-17-19/h1-4,9H,5-8,10H2. The molecule has 1 aliphatic rings. The molecule has 2 aromatic heterocycles. The van der Waals surface area contributed by atoms with Gasteiger partial charge in [-0.15, -0.1) is 0 Å². The zero-order valence-electron chi connectivity index (χ0n) is 12.4. The van der Waals surface area contributed by atoms with Gasteiger partial charge in [0.2, 0.25) is 5.91 Å². The van der Waals surface area contributed by atoms with Gasteiger partial charge in [0.25, 0.3) is 0 Å². The summed E-state index contributed by atoms with van der Waals surface area (Å²) in [5, 5.41) is 5.38. The first-order valence-corrected chi connectivity index (χ1v) is 7.47. The molecular weight excluding hydrogens is 298 g/mol. The molecule has 0 aliphatic carbocycles. The summed E-state index contributed by atoms with van der Waals surface area (Å²) < 4.78 is 12.1. The van der Waals surface area contributed by atoms with Crippen LogP contribution in [0.5, 0.6) is 0 Å². The highest BCUT2D eigenvalue weighted by Gasteiger charge is 2.20. The molecule has 3 heterocycles. The summed E-state index contributed by atoms with van der Waals surface area (Å²) in [5.41, 5.74) is 0.688. The summed E-state index contributed by atoms with van der Waals surface area (Å²) >= 11 is 0. The lowest BCUT2D eigenvalue weighted by atomic mass is 10.2. The molecule has 1 aliphatic heterocycles. The van der Waals surface area contributed by atoms with Gasteiger partial charge in [-0.2, -0.15) is 5.10 Å². The Kier molecular flexibility index (Phi) is 3.34. The maximum Gasteiger partial charge on any atom is 0.347 e. The van der Waals surface area contributed by atoms with Crippen molar-refractivity contribution in [2.45, 2.75) is 6.54 Å². The van der Waals surface area contributed by atoms with E-state index in [0.717, 1.165) is 5.39 Å². The summed E-state index contributed by atoms with van der Waals surface area (Å²) in [6.45, 7) is 2.37. The molecule has 0 radical (unpaired) electrons. The molecular formula is C16H15N3O4. The van der Waals surface area contributed by atoms with E-state index in [1.54, 1.807) is 21.7 Å². The number of fused-ring (bicyclic) bond motifs is 3. The third-order valence-corrected chi connectivity index (χ3v) is 4.05. The van der Waals surface area contributed by atoms with Gasteiger partial charge in [-0.05, 0) is 12.1 Å². The Labute approximate surface area is 131 Å². The molecule has 0 spiro atoms. The van der Waals surface area contributed by atoms with Gasteiger partial charge in [0.15, 0.2) is 0 Å². The van der Waals surface area contributed by atoms with E-state index in [-0.39, 0.29) is 12.5 Å². The van der Waals surface area contributed by atoms with Gasteiger partial charge in [-0.3, -0.25) is 9.48 Å². The van der Waals surface area contributed by atoms with Gasteiger partial charge in [0, 0.05) is 18.5 Å². The van der Waals surface area contributed by atoms with Crippen LogP contribution in [-0.4, -0.2) is 46.9 Å². The summed E-state index contributed by atoms with van der Waals surface area (Å²) in [6.07, 6.45) is 1.46. The fourth-order valence-corrected chi connectivity index (χ4v) is 2.89. The minimum atomic E-state index is -0.441. The van der Waals surface area contributed by atoms with Crippen molar-refractivity contribution in [3.05, 3.63) is 40.9 Å². The number of ether oxygens (including phenoxy) is 1. The second kappa shape index (κ2) is 5.51. The lowest BCUT2D eigenvalue weighted by Crippen LogP contribution is -2.42. The topological polar surface area (TPSA) is 77.6 Å². The highest BCUT2D eigenvalue weighted by Crippen LogP contribution is 2.22. The molecule has 1 amide bonds. The van der Waals surface area contributed by atoms with Crippen molar-refractivity contribution in [1.29, 1.82) is 0 Å². The van der Waals surface area contributed by atoms with Crippen molar-refractivity contribution < 1.29 is 13.9 Å². The Hall–Kier alpha value is -2.67. The smallest absolute Gasteiger partial charge is 0.347 e. The van der Waals surface area contributed by atoms with Crippen LogP contribution in [0.25, 0.3) is 21.9 Å². The largest absolute Gasteiger partial charge is 0.422 e. The monoisotopic (exact) mass is 313 g/mol. The van der Waals surface area contributed by atoms with E-state index in [9.17, 15) is 9.59 Å². The lowest BCUT2D eigenvalue weighted by Gasteiger charge is -2.26. The molecule has 1 saturated heterocycles. The molecule has 0 saturated carbocycles. The molecule has 1 fully saturated rings. The maximum atomic E-state index is 12.4. The number of nitrogens with zero attached hydrogens (tertiary/aromatic N) is 3. The number of benzene rings is 1. The van der Waals surface area contributed by atoms with Gasteiger partial charge in [-0.25, -0.2) is 4.79 Å². The molecule has 0 atom stereocenters. The van der Waals surface area contributed by atoms with Crippen LogP contribution in [0.4, 0.5) is 0 Å². The minimum absolute atomic E-state index is 0.0318. The van der Waals surface area contributed by atoms with E-state index in [0.29, 0.717) is 42.8 Å². The quantitative estimate of drug-likeness (QED) is 0.660. The normalized spacial score (nSPS) is 15.4. The molecule has 3 aromatic rings. The van der Waals surface area contributed by atoms with Crippen molar-refractivity contribution in [3.8, 4) is 0 Å². The van der Waals surface area contributed by atoms with Gasteiger partial charge in [-0.1, -0.05) is 12.1 Å². The SMILES string of the molecule is O=C(Cn1ncc2c(=O)oc3ccccc3c21)N1CCOCC1. The van der Waals surface area contributed by atoms with Gasteiger partial charge in [0.05, 0.1) is 24.9 Å².